The molecule has 1 heterocycles. The van der Waals surface area contributed by atoms with E-state index < -0.39 is 0 Å². The van der Waals surface area contributed by atoms with E-state index in [1.165, 1.54) is 0 Å². The monoisotopic (exact) mass is 281 g/mol. The molecular formula is C11H12BrN3O. The van der Waals surface area contributed by atoms with Gasteiger partial charge in [0.1, 0.15) is 5.75 Å². The van der Waals surface area contributed by atoms with Crippen LogP contribution in [0.15, 0.2) is 35.1 Å². The zero-order valence-electron chi connectivity index (χ0n) is 8.85. The Balaban J connectivity index is 2.19. The summed E-state index contributed by atoms with van der Waals surface area (Å²) < 4.78 is 8.27. The first-order valence-electron chi connectivity index (χ1n) is 4.84. The van der Waals surface area contributed by atoms with Gasteiger partial charge >= 0.3 is 0 Å². The van der Waals surface area contributed by atoms with Crippen molar-refractivity contribution in [2.75, 3.05) is 0 Å². The highest BCUT2D eigenvalue weighted by molar-refractivity contribution is 9.10. The first-order chi connectivity index (χ1) is 7.69. The van der Waals surface area contributed by atoms with Gasteiger partial charge < -0.3 is 10.5 Å². The predicted octanol–water partition coefficient (Wildman–Crippen LogP) is 2.43. The molecule has 0 atom stereocenters. The third-order valence-corrected chi connectivity index (χ3v) is 2.90. The first-order valence-corrected chi connectivity index (χ1v) is 5.63. The van der Waals surface area contributed by atoms with E-state index in [9.17, 15) is 0 Å². The number of aryl methyl sites for hydroxylation is 1. The minimum atomic E-state index is 0.508. The lowest BCUT2D eigenvalue weighted by atomic mass is 10.2. The van der Waals surface area contributed by atoms with Crippen LogP contribution in [0.4, 0.5) is 0 Å². The molecule has 0 aliphatic rings. The average Bonchev–Trinajstić information content (AvgIpc) is 2.64. The molecule has 16 heavy (non-hydrogen) atoms. The first kappa shape index (κ1) is 11.2. The van der Waals surface area contributed by atoms with Crippen LogP contribution in [-0.4, -0.2) is 9.78 Å². The van der Waals surface area contributed by atoms with Gasteiger partial charge in [0, 0.05) is 18.1 Å². The van der Waals surface area contributed by atoms with Crippen LogP contribution in [0.25, 0.3) is 0 Å². The molecule has 2 aromatic rings. The SMILES string of the molecule is Cn1cc(Oc2ccc(CN)c(Br)c2)cn1. The van der Waals surface area contributed by atoms with Gasteiger partial charge in [-0.25, -0.2) is 0 Å². The number of aromatic nitrogens is 2. The molecule has 0 unspecified atom stereocenters. The van der Waals surface area contributed by atoms with Crippen molar-refractivity contribution in [1.29, 1.82) is 0 Å². The van der Waals surface area contributed by atoms with Crippen molar-refractivity contribution in [1.82, 2.24) is 9.78 Å². The summed E-state index contributed by atoms with van der Waals surface area (Å²) in [6.07, 6.45) is 3.48. The Bertz CT molecular complexity index is 496. The topological polar surface area (TPSA) is 53.1 Å². The fourth-order valence-corrected chi connectivity index (χ4v) is 1.86. The van der Waals surface area contributed by atoms with Crippen LogP contribution >= 0.6 is 15.9 Å². The van der Waals surface area contributed by atoms with Crippen molar-refractivity contribution in [2.24, 2.45) is 12.8 Å². The van der Waals surface area contributed by atoms with Crippen molar-refractivity contribution in [3.8, 4) is 11.5 Å². The Morgan fingerprint density at radius 3 is 2.81 bits per heavy atom. The quantitative estimate of drug-likeness (QED) is 0.940. The highest BCUT2D eigenvalue weighted by Crippen LogP contribution is 2.26. The van der Waals surface area contributed by atoms with Crippen LogP contribution in [0.2, 0.25) is 0 Å². The largest absolute Gasteiger partial charge is 0.454 e. The molecule has 0 radical (unpaired) electrons. The van der Waals surface area contributed by atoms with Gasteiger partial charge in [0.25, 0.3) is 0 Å². The zero-order chi connectivity index (χ0) is 11.5. The maximum absolute atomic E-state index is 5.63. The molecule has 0 aliphatic carbocycles. The molecule has 4 nitrogen and oxygen atoms in total. The highest BCUT2D eigenvalue weighted by atomic mass is 79.9. The summed E-state index contributed by atoms with van der Waals surface area (Å²) in [5, 5.41) is 4.03. The minimum absolute atomic E-state index is 0.508. The molecule has 0 fully saturated rings. The molecular weight excluding hydrogens is 270 g/mol. The summed E-state index contributed by atoms with van der Waals surface area (Å²) in [6, 6.07) is 5.73. The van der Waals surface area contributed by atoms with Crippen molar-refractivity contribution < 1.29 is 4.74 Å². The molecule has 2 rings (SSSR count). The van der Waals surface area contributed by atoms with Crippen molar-refractivity contribution in [3.63, 3.8) is 0 Å². The fourth-order valence-electron chi connectivity index (χ4n) is 1.34. The van der Waals surface area contributed by atoms with E-state index in [2.05, 4.69) is 21.0 Å². The summed E-state index contributed by atoms with van der Waals surface area (Å²) in [4.78, 5) is 0. The number of hydrogen-bond donors (Lipinski definition) is 1. The second-order valence-corrected chi connectivity index (χ2v) is 4.26. The number of benzene rings is 1. The number of ether oxygens (including phenoxy) is 1. The lowest BCUT2D eigenvalue weighted by molar-refractivity contribution is 0.481. The van der Waals surface area contributed by atoms with Crippen LogP contribution in [0.5, 0.6) is 11.5 Å². The van der Waals surface area contributed by atoms with Gasteiger partial charge in [-0.05, 0) is 17.7 Å². The van der Waals surface area contributed by atoms with Gasteiger partial charge in [-0.1, -0.05) is 22.0 Å². The molecule has 0 bridgehead atoms. The molecule has 84 valence electrons. The van der Waals surface area contributed by atoms with Gasteiger partial charge in [0.2, 0.25) is 0 Å². The molecule has 0 amide bonds. The second kappa shape index (κ2) is 4.67. The summed E-state index contributed by atoms with van der Waals surface area (Å²) in [6.45, 7) is 0.508. The van der Waals surface area contributed by atoms with E-state index in [1.54, 1.807) is 10.9 Å². The van der Waals surface area contributed by atoms with Gasteiger partial charge in [0.15, 0.2) is 5.75 Å². The van der Waals surface area contributed by atoms with E-state index in [4.69, 9.17) is 10.5 Å². The Kier molecular flexibility index (Phi) is 3.26. The summed E-state index contributed by atoms with van der Waals surface area (Å²) >= 11 is 3.45. The minimum Gasteiger partial charge on any atom is -0.454 e. The Hall–Kier alpha value is -1.33. The van der Waals surface area contributed by atoms with E-state index in [-0.39, 0.29) is 0 Å². The number of nitrogens with zero attached hydrogens (tertiary/aromatic N) is 2. The van der Waals surface area contributed by atoms with Gasteiger partial charge in [-0.3, -0.25) is 4.68 Å². The second-order valence-electron chi connectivity index (χ2n) is 3.41. The summed E-state index contributed by atoms with van der Waals surface area (Å²) in [5.74, 6) is 1.48. The Morgan fingerprint density at radius 2 is 2.25 bits per heavy atom. The Morgan fingerprint density at radius 1 is 1.44 bits per heavy atom. The maximum Gasteiger partial charge on any atom is 0.165 e. The predicted molar refractivity (Wildman–Crippen MR) is 65.3 cm³/mol. The van der Waals surface area contributed by atoms with Crippen LogP contribution in [-0.2, 0) is 13.6 Å². The molecule has 5 heteroatoms. The molecule has 0 saturated heterocycles. The number of nitrogens with two attached hydrogens (primary N) is 1. The highest BCUT2D eigenvalue weighted by Gasteiger charge is 2.03. The Labute approximate surface area is 102 Å². The maximum atomic E-state index is 5.63. The molecule has 0 spiro atoms. The molecule has 2 N–H and O–H groups in total. The standard InChI is InChI=1S/C11H12BrN3O/c1-15-7-10(6-14-15)16-9-3-2-8(5-13)11(12)4-9/h2-4,6-7H,5,13H2,1H3. The third-order valence-electron chi connectivity index (χ3n) is 2.16. The summed E-state index contributed by atoms with van der Waals surface area (Å²) in [5.41, 5.74) is 6.63. The smallest absolute Gasteiger partial charge is 0.165 e. The van der Waals surface area contributed by atoms with Crippen molar-refractivity contribution in [3.05, 3.63) is 40.6 Å². The van der Waals surface area contributed by atoms with Crippen molar-refractivity contribution >= 4 is 15.9 Å². The van der Waals surface area contributed by atoms with E-state index in [0.29, 0.717) is 6.54 Å². The van der Waals surface area contributed by atoms with Crippen molar-refractivity contribution in [2.45, 2.75) is 6.54 Å². The fraction of sp³-hybridized carbons (Fsp3) is 0.182. The summed E-state index contributed by atoms with van der Waals surface area (Å²) in [7, 11) is 1.85. The lowest BCUT2D eigenvalue weighted by Crippen LogP contribution is -1.97. The number of hydrogen-bond acceptors (Lipinski definition) is 3. The van der Waals surface area contributed by atoms with E-state index >= 15 is 0 Å². The molecule has 0 saturated carbocycles. The number of rotatable bonds is 3. The van der Waals surface area contributed by atoms with E-state index in [0.717, 1.165) is 21.5 Å². The van der Waals surface area contributed by atoms with Gasteiger partial charge in [-0.2, -0.15) is 5.10 Å². The normalized spacial score (nSPS) is 10.4. The lowest BCUT2D eigenvalue weighted by Gasteiger charge is -2.05. The third kappa shape index (κ3) is 2.43. The molecule has 0 aliphatic heterocycles. The van der Waals surface area contributed by atoms with Gasteiger partial charge in [0.05, 0.1) is 12.4 Å². The number of halogens is 1. The molecule has 1 aromatic carbocycles. The van der Waals surface area contributed by atoms with Crippen LogP contribution in [0.1, 0.15) is 5.56 Å². The van der Waals surface area contributed by atoms with Gasteiger partial charge in [-0.15, -0.1) is 0 Å². The average molecular weight is 282 g/mol. The molecule has 1 aromatic heterocycles. The van der Waals surface area contributed by atoms with Crippen LogP contribution in [0.3, 0.4) is 0 Å². The van der Waals surface area contributed by atoms with E-state index in [1.807, 2.05) is 31.4 Å². The van der Waals surface area contributed by atoms with Crippen LogP contribution < -0.4 is 10.5 Å². The van der Waals surface area contributed by atoms with Crippen LogP contribution in [0, 0.1) is 0 Å². The zero-order valence-corrected chi connectivity index (χ0v) is 10.4.